The minimum Gasteiger partial charge on any atom is -0.357 e. The summed E-state index contributed by atoms with van der Waals surface area (Å²) in [7, 11) is -4.26. The van der Waals surface area contributed by atoms with Crippen LogP contribution in [0.1, 0.15) is 52.7 Å². The molecule has 0 radical (unpaired) electrons. The molecule has 0 aliphatic heterocycles. The number of nitro groups is 1. The van der Waals surface area contributed by atoms with Crippen molar-refractivity contribution in [2.45, 2.75) is 56.4 Å². The molecule has 1 aliphatic rings. The van der Waals surface area contributed by atoms with E-state index in [9.17, 15) is 18.5 Å². The number of rotatable bonds is 12. The van der Waals surface area contributed by atoms with Crippen LogP contribution in [0.25, 0.3) is 10.9 Å². The molecule has 10 nitrogen and oxygen atoms in total. The van der Waals surface area contributed by atoms with Gasteiger partial charge in [0.2, 0.25) is 0 Å². The second-order valence-electron chi connectivity index (χ2n) is 12.4. The average molecular weight is 673 g/mol. The number of fused-ring (bicyclic) bond motifs is 2. The van der Waals surface area contributed by atoms with Crippen molar-refractivity contribution in [1.29, 1.82) is 0 Å². The normalized spacial score (nSPS) is 14.7. The maximum atomic E-state index is 14.0. The van der Waals surface area contributed by atoms with Crippen LogP contribution >= 0.6 is 0 Å². The Kier molecular flexibility index (Phi) is 9.30. The number of aromatic nitrogens is 3. The van der Waals surface area contributed by atoms with Gasteiger partial charge in [0.1, 0.15) is 0 Å². The molecule has 0 fully saturated rings. The number of aryl methyl sites for hydroxylation is 1. The first-order valence-corrected chi connectivity index (χ1v) is 17.7. The SMILES string of the molecule is O=[N+]([O-])c1ccccc1S(=O)(=O)N(Cc1ccc(CN(Cc2cc3ccccc3[nH]2)C2CCCc3cccnc32)cc1)Cc1ccccn1. The highest BCUT2D eigenvalue weighted by Crippen LogP contribution is 2.35. The molecule has 248 valence electrons. The summed E-state index contributed by atoms with van der Waals surface area (Å²) in [6.07, 6.45) is 6.60. The van der Waals surface area contributed by atoms with Crippen LogP contribution in [-0.4, -0.2) is 37.5 Å². The zero-order valence-electron chi connectivity index (χ0n) is 26.9. The van der Waals surface area contributed by atoms with Crippen molar-refractivity contribution < 1.29 is 13.3 Å². The van der Waals surface area contributed by atoms with Gasteiger partial charge in [0.15, 0.2) is 4.90 Å². The number of pyridine rings is 2. The highest BCUT2D eigenvalue weighted by molar-refractivity contribution is 7.89. The Morgan fingerprint density at radius 2 is 1.53 bits per heavy atom. The third kappa shape index (κ3) is 7.14. The third-order valence-corrected chi connectivity index (χ3v) is 10.9. The van der Waals surface area contributed by atoms with Crippen LogP contribution in [0.15, 0.2) is 126 Å². The van der Waals surface area contributed by atoms with Crippen LogP contribution in [0.5, 0.6) is 0 Å². The molecule has 3 aromatic heterocycles. The fraction of sp³-hybridized carbons (Fsp3) is 0.211. The minimum atomic E-state index is -4.26. The van der Waals surface area contributed by atoms with Crippen LogP contribution in [-0.2, 0) is 42.6 Å². The molecule has 3 aromatic carbocycles. The Labute approximate surface area is 285 Å². The van der Waals surface area contributed by atoms with Gasteiger partial charge in [0, 0.05) is 49.3 Å². The number of nitrogens with zero attached hydrogens (tertiary/aromatic N) is 5. The highest BCUT2D eigenvalue weighted by atomic mass is 32.2. The summed E-state index contributed by atoms with van der Waals surface area (Å²) in [5.74, 6) is 0. The highest BCUT2D eigenvalue weighted by Gasteiger charge is 2.32. The second kappa shape index (κ2) is 14.1. The molecule has 11 heteroatoms. The van der Waals surface area contributed by atoms with Gasteiger partial charge in [0.25, 0.3) is 15.7 Å². The van der Waals surface area contributed by atoms with Gasteiger partial charge in [-0.15, -0.1) is 0 Å². The number of aromatic amines is 1. The Morgan fingerprint density at radius 3 is 2.31 bits per heavy atom. The molecule has 1 unspecified atom stereocenters. The summed E-state index contributed by atoms with van der Waals surface area (Å²) in [6, 6.07) is 33.5. The van der Waals surface area contributed by atoms with Crippen molar-refractivity contribution in [3.8, 4) is 0 Å². The zero-order valence-corrected chi connectivity index (χ0v) is 27.7. The molecule has 6 aromatic rings. The molecule has 1 atom stereocenters. The van der Waals surface area contributed by atoms with Crippen LogP contribution in [0.3, 0.4) is 0 Å². The number of para-hydroxylation sites is 2. The van der Waals surface area contributed by atoms with Crippen molar-refractivity contribution in [3.63, 3.8) is 0 Å². The maximum Gasteiger partial charge on any atom is 0.289 e. The first kappa shape index (κ1) is 32.3. The fourth-order valence-corrected chi connectivity index (χ4v) is 8.26. The number of sulfonamides is 1. The number of hydrogen-bond acceptors (Lipinski definition) is 7. The van der Waals surface area contributed by atoms with E-state index in [0.717, 1.165) is 47.3 Å². The largest absolute Gasteiger partial charge is 0.357 e. The first-order valence-electron chi connectivity index (χ1n) is 16.3. The van der Waals surface area contributed by atoms with E-state index >= 15 is 0 Å². The summed E-state index contributed by atoms with van der Waals surface area (Å²) in [6.45, 7) is 1.36. The van der Waals surface area contributed by atoms with Crippen molar-refractivity contribution in [3.05, 3.63) is 165 Å². The lowest BCUT2D eigenvalue weighted by molar-refractivity contribution is -0.387. The lowest BCUT2D eigenvalue weighted by atomic mass is 9.90. The first-order chi connectivity index (χ1) is 23.8. The monoisotopic (exact) mass is 672 g/mol. The Bertz CT molecular complexity index is 2150. The van der Waals surface area contributed by atoms with Gasteiger partial charge in [-0.2, -0.15) is 4.31 Å². The topological polar surface area (TPSA) is 125 Å². The molecule has 0 bridgehead atoms. The third-order valence-electron chi connectivity index (χ3n) is 9.08. The van der Waals surface area contributed by atoms with E-state index in [2.05, 4.69) is 39.1 Å². The molecule has 0 amide bonds. The lowest BCUT2D eigenvalue weighted by Crippen LogP contribution is -2.32. The molecule has 3 heterocycles. The van der Waals surface area contributed by atoms with Crippen LogP contribution < -0.4 is 0 Å². The summed E-state index contributed by atoms with van der Waals surface area (Å²) in [5.41, 5.74) is 6.58. The molecule has 0 saturated heterocycles. The molecular weight excluding hydrogens is 637 g/mol. The Balaban J connectivity index is 1.17. The van der Waals surface area contributed by atoms with Gasteiger partial charge in [-0.1, -0.05) is 66.7 Å². The Hall–Kier alpha value is -5.23. The van der Waals surface area contributed by atoms with Crippen molar-refractivity contribution in [2.75, 3.05) is 0 Å². The standard InChI is InChI=1S/C38H36N6O4S/c45-44(46)35-14-3-4-16-37(35)49(47,48)43(27-32-12-5-6-21-39-32)25-29-19-17-28(18-20-29)24-42(26-33-23-31-9-1-2-13-34(31)41-33)36-15-7-10-30-11-8-22-40-38(30)36/h1-6,8-9,11-14,16-23,36,41H,7,10,15,24-27H2. The van der Waals surface area contributed by atoms with Gasteiger partial charge in [0.05, 0.1) is 28.9 Å². The van der Waals surface area contributed by atoms with E-state index in [1.54, 1.807) is 24.4 Å². The van der Waals surface area contributed by atoms with E-state index in [0.29, 0.717) is 18.8 Å². The maximum absolute atomic E-state index is 14.0. The average Bonchev–Trinajstić information content (AvgIpc) is 3.54. The molecule has 49 heavy (non-hydrogen) atoms. The summed E-state index contributed by atoms with van der Waals surface area (Å²) in [5, 5.41) is 13.0. The molecule has 7 rings (SSSR count). The minimum absolute atomic E-state index is 0.0178. The van der Waals surface area contributed by atoms with Gasteiger partial charge in [-0.3, -0.25) is 25.0 Å². The van der Waals surface area contributed by atoms with Crippen molar-refractivity contribution in [1.82, 2.24) is 24.2 Å². The predicted molar refractivity (Wildman–Crippen MR) is 188 cm³/mol. The molecule has 0 spiro atoms. The smallest absolute Gasteiger partial charge is 0.289 e. The number of nitrogens with one attached hydrogen (secondary N) is 1. The molecule has 1 aliphatic carbocycles. The molecule has 0 saturated carbocycles. The second-order valence-corrected chi connectivity index (χ2v) is 14.3. The molecule has 1 N–H and O–H groups in total. The van der Waals surface area contributed by atoms with Crippen LogP contribution in [0.4, 0.5) is 5.69 Å². The number of hydrogen-bond donors (Lipinski definition) is 1. The lowest BCUT2D eigenvalue weighted by Gasteiger charge is -2.35. The fourth-order valence-electron chi connectivity index (χ4n) is 6.71. The quantitative estimate of drug-likeness (QED) is 0.107. The number of benzene rings is 3. The van der Waals surface area contributed by atoms with E-state index < -0.39 is 20.6 Å². The van der Waals surface area contributed by atoms with E-state index in [1.165, 1.54) is 39.5 Å². The van der Waals surface area contributed by atoms with Crippen molar-refractivity contribution >= 4 is 26.6 Å². The van der Waals surface area contributed by atoms with E-state index in [-0.39, 0.29) is 24.0 Å². The van der Waals surface area contributed by atoms with E-state index in [4.69, 9.17) is 4.98 Å². The summed E-state index contributed by atoms with van der Waals surface area (Å²) < 4.78 is 29.2. The van der Waals surface area contributed by atoms with Gasteiger partial charge in [-0.25, -0.2) is 8.42 Å². The van der Waals surface area contributed by atoms with Gasteiger partial charge in [-0.05, 0) is 77.7 Å². The number of H-pyrrole nitrogens is 1. The van der Waals surface area contributed by atoms with E-state index in [1.807, 2.05) is 48.7 Å². The predicted octanol–water partition coefficient (Wildman–Crippen LogP) is 7.34. The van der Waals surface area contributed by atoms with Crippen LogP contribution in [0, 0.1) is 10.1 Å². The van der Waals surface area contributed by atoms with Gasteiger partial charge < -0.3 is 4.98 Å². The number of nitro benzene ring substituents is 1. The molecular formula is C38H36N6O4S. The van der Waals surface area contributed by atoms with Gasteiger partial charge >= 0.3 is 0 Å². The van der Waals surface area contributed by atoms with Crippen molar-refractivity contribution in [2.24, 2.45) is 0 Å². The zero-order chi connectivity index (χ0) is 33.8. The Morgan fingerprint density at radius 1 is 0.796 bits per heavy atom. The summed E-state index contributed by atoms with van der Waals surface area (Å²) in [4.78, 5) is 26.0. The summed E-state index contributed by atoms with van der Waals surface area (Å²) >= 11 is 0. The van der Waals surface area contributed by atoms with Crippen LogP contribution in [0.2, 0.25) is 0 Å².